The highest BCUT2D eigenvalue weighted by Crippen LogP contribution is 2.33. The average Bonchev–Trinajstić information content (AvgIpc) is 3.31. The molecule has 2 fully saturated rings. The van der Waals surface area contributed by atoms with Crippen molar-refractivity contribution >= 4 is 6.03 Å². The molecule has 2 amide bonds. The summed E-state index contributed by atoms with van der Waals surface area (Å²) in [5.41, 5.74) is 1.11. The van der Waals surface area contributed by atoms with Crippen LogP contribution in [-0.2, 0) is 6.42 Å². The molecule has 0 aromatic heterocycles. The van der Waals surface area contributed by atoms with Crippen molar-refractivity contribution in [2.75, 3.05) is 13.2 Å². The first kappa shape index (κ1) is 16.3. The molecule has 2 unspecified atom stereocenters. The van der Waals surface area contributed by atoms with Crippen LogP contribution in [-0.4, -0.2) is 53.4 Å². The van der Waals surface area contributed by atoms with E-state index in [1.807, 2.05) is 30.3 Å². The number of hydrogen-bond acceptors (Lipinski definition) is 3. The van der Waals surface area contributed by atoms with Gasteiger partial charge in [-0.25, -0.2) is 4.79 Å². The number of hydrogen-bond donors (Lipinski definition) is 3. The molecule has 1 aliphatic heterocycles. The number of urea groups is 1. The minimum absolute atomic E-state index is 0.0580. The zero-order valence-electron chi connectivity index (χ0n) is 13.7. The highest BCUT2D eigenvalue weighted by molar-refractivity contribution is 5.74. The Morgan fingerprint density at radius 2 is 2.09 bits per heavy atom. The van der Waals surface area contributed by atoms with Gasteiger partial charge < -0.3 is 15.7 Å². The molecule has 1 saturated carbocycles. The second-order valence-electron chi connectivity index (χ2n) is 6.90. The van der Waals surface area contributed by atoms with Gasteiger partial charge in [-0.2, -0.15) is 0 Å². The van der Waals surface area contributed by atoms with Crippen LogP contribution in [0.1, 0.15) is 31.7 Å². The number of aliphatic hydroxyl groups is 1. The third kappa shape index (κ3) is 4.45. The van der Waals surface area contributed by atoms with Crippen molar-refractivity contribution in [3.05, 3.63) is 35.9 Å². The first-order valence-electron chi connectivity index (χ1n) is 8.63. The van der Waals surface area contributed by atoms with E-state index in [2.05, 4.69) is 22.5 Å². The normalized spacial score (nSPS) is 26.0. The molecule has 126 valence electrons. The predicted octanol–water partition coefficient (Wildman–Crippen LogP) is 1.51. The molecule has 5 heteroatoms. The van der Waals surface area contributed by atoms with Gasteiger partial charge in [0, 0.05) is 24.7 Å². The van der Waals surface area contributed by atoms with E-state index in [0.29, 0.717) is 12.5 Å². The number of carbonyl (C=O) groups excluding carboxylic acids is 1. The molecule has 5 nitrogen and oxygen atoms in total. The average molecular weight is 317 g/mol. The molecule has 3 atom stereocenters. The van der Waals surface area contributed by atoms with Crippen molar-refractivity contribution < 1.29 is 9.90 Å². The lowest BCUT2D eigenvalue weighted by molar-refractivity contribution is 0.212. The SMILES string of the molecule is CC1CC(NC(=O)N[C@H](CO)Cc2ccccc2)CN1C1CC1. The summed E-state index contributed by atoms with van der Waals surface area (Å²) in [5, 5.41) is 15.5. The Bertz CT molecular complexity index is 518. The van der Waals surface area contributed by atoms with Gasteiger partial charge in [0.1, 0.15) is 0 Å². The lowest BCUT2D eigenvalue weighted by Gasteiger charge is -2.20. The van der Waals surface area contributed by atoms with Crippen LogP contribution in [0.25, 0.3) is 0 Å². The fraction of sp³-hybridized carbons (Fsp3) is 0.611. The van der Waals surface area contributed by atoms with Crippen molar-refractivity contribution in [2.45, 2.75) is 56.8 Å². The summed E-state index contributed by atoms with van der Waals surface area (Å²) in [6, 6.07) is 11.0. The Kier molecular flexibility index (Phi) is 5.18. The molecule has 1 aliphatic carbocycles. The summed E-state index contributed by atoms with van der Waals surface area (Å²) in [4.78, 5) is 14.7. The Morgan fingerprint density at radius 1 is 1.35 bits per heavy atom. The molecule has 1 aromatic carbocycles. The zero-order valence-corrected chi connectivity index (χ0v) is 13.7. The lowest BCUT2D eigenvalue weighted by atomic mass is 10.1. The number of amides is 2. The van der Waals surface area contributed by atoms with Crippen LogP contribution < -0.4 is 10.6 Å². The summed E-state index contributed by atoms with van der Waals surface area (Å²) in [6.45, 7) is 3.13. The Morgan fingerprint density at radius 3 is 2.74 bits per heavy atom. The third-order valence-corrected chi connectivity index (χ3v) is 4.85. The highest BCUT2D eigenvalue weighted by Gasteiger charge is 2.39. The summed E-state index contributed by atoms with van der Waals surface area (Å²) in [6.07, 6.45) is 4.24. The van der Waals surface area contributed by atoms with E-state index in [1.54, 1.807) is 0 Å². The van der Waals surface area contributed by atoms with Crippen LogP contribution in [0.2, 0.25) is 0 Å². The summed E-state index contributed by atoms with van der Waals surface area (Å²) in [7, 11) is 0. The van der Waals surface area contributed by atoms with Crippen LogP contribution in [0, 0.1) is 0 Å². The largest absolute Gasteiger partial charge is 0.394 e. The van der Waals surface area contributed by atoms with Crippen LogP contribution >= 0.6 is 0 Å². The van der Waals surface area contributed by atoms with Crippen molar-refractivity contribution in [2.24, 2.45) is 0 Å². The third-order valence-electron chi connectivity index (χ3n) is 4.85. The van der Waals surface area contributed by atoms with Gasteiger partial charge in [-0.1, -0.05) is 30.3 Å². The predicted molar refractivity (Wildman–Crippen MR) is 90.3 cm³/mol. The quantitative estimate of drug-likeness (QED) is 0.745. The Labute approximate surface area is 138 Å². The Hall–Kier alpha value is -1.59. The monoisotopic (exact) mass is 317 g/mol. The van der Waals surface area contributed by atoms with Gasteiger partial charge in [-0.05, 0) is 38.2 Å². The van der Waals surface area contributed by atoms with Gasteiger partial charge in [-0.3, -0.25) is 4.90 Å². The molecule has 0 radical (unpaired) electrons. The van der Waals surface area contributed by atoms with Gasteiger partial charge in [-0.15, -0.1) is 0 Å². The van der Waals surface area contributed by atoms with Crippen LogP contribution in [0.3, 0.4) is 0 Å². The molecule has 2 aliphatic rings. The van der Waals surface area contributed by atoms with E-state index < -0.39 is 0 Å². The minimum Gasteiger partial charge on any atom is -0.394 e. The van der Waals surface area contributed by atoms with Gasteiger partial charge >= 0.3 is 6.03 Å². The molecule has 1 saturated heterocycles. The molecule has 1 aromatic rings. The van der Waals surface area contributed by atoms with Crippen LogP contribution in [0.5, 0.6) is 0 Å². The maximum Gasteiger partial charge on any atom is 0.315 e. The van der Waals surface area contributed by atoms with E-state index in [4.69, 9.17) is 0 Å². The van der Waals surface area contributed by atoms with Crippen molar-refractivity contribution in [1.29, 1.82) is 0 Å². The zero-order chi connectivity index (χ0) is 16.2. The number of nitrogens with one attached hydrogen (secondary N) is 2. The summed E-state index contributed by atoms with van der Waals surface area (Å²) >= 11 is 0. The van der Waals surface area contributed by atoms with Gasteiger partial charge in [0.25, 0.3) is 0 Å². The second kappa shape index (κ2) is 7.32. The minimum atomic E-state index is -0.254. The van der Waals surface area contributed by atoms with Crippen LogP contribution in [0.15, 0.2) is 30.3 Å². The topological polar surface area (TPSA) is 64.6 Å². The van der Waals surface area contributed by atoms with Crippen molar-refractivity contribution in [3.63, 3.8) is 0 Å². The maximum atomic E-state index is 12.2. The first-order chi connectivity index (χ1) is 11.2. The van der Waals surface area contributed by atoms with Gasteiger partial charge in [0.05, 0.1) is 12.6 Å². The molecular weight excluding hydrogens is 290 g/mol. The smallest absolute Gasteiger partial charge is 0.315 e. The fourth-order valence-electron chi connectivity index (χ4n) is 3.55. The summed E-state index contributed by atoms with van der Waals surface area (Å²) in [5.74, 6) is 0. The van der Waals surface area contributed by atoms with E-state index in [0.717, 1.165) is 24.6 Å². The second-order valence-corrected chi connectivity index (χ2v) is 6.90. The van der Waals surface area contributed by atoms with Crippen LogP contribution in [0.4, 0.5) is 4.79 Å². The fourth-order valence-corrected chi connectivity index (χ4v) is 3.55. The van der Waals surface area contributed by atoms with E-state index >= 15 is 0 Å². The molecule has 0 bridgehead atoms. The van der Waals surface area contributed by atoms with Crippen molar-refractivity contribution in [1.82, 2.24) is 15.5 Å². The van der Waals surface area contributed by atoms with E-state index in [-0.39, 0.29) is 24.7 Å². The molecule has 23 heavy (non-hydrogen) atoms. The number of carbonyl (C=O) groups is 1. The van der Waals surface area contributed by atoms with Crippen molar-refractivity contribution in [3.8, 4) is 0 Å². The molecule has 3 rings (SSSR count). The van der Waals surface area contributed by atoms with Gasteiger partial charge in [0.15, 0.2) is 0 Å². The lowest BCUT2D eigenvalue weighted by Crippen LogP contribution is -2.49. The number of likely N-dealkylation sites (tertiary alicyclic amines) is 1. The first-order valence-corrected chi connectivity index (χ1v) is 8.63. The standard InChI is InChI=1S/C18H27N3O2/c1-13-9-15(11-21(13)17-7-8-17)19-18(23)20-16(12-22)10-14-5-3-2-4-6-14/h2-6,13,15-17,22H,7-12H2,1H3,(H2,19,20,23)/t13?,15?,16-/m0/s1. The molecule has 0 spiro atoms. The highest BCUT2D eigenvalue weighted by atomic mass is 16.3. The summed E-state index contributed by atoms with van der Waals surface area (Å²) < 4.78 is 0. The molecule has 3 N–H and O–H groups in total. The van der Waals surface area contributed by atoms with E-state index in [9.17, 15) is 9.90 Å². The number of nitrogens with zero attached hydrogens (tertiary/aromatic N) is 1. The Balaban J connectivity index is 1.46. The maximum absolute atomic E-state index is 12.2. The van der Waals surface area contributed by atoms with E-state index in [1.165, 1.54) is 12.8 Å². The number of aliphatic hydroxyl groups excluding tert-OH is 1. The number of benzene rings is 1. The molecular formula is C18H27N3O2. The number of rotatable bonds is 6. The van der Waals surface area contributed by atoms with Gasteiger partial charge in [0.2, 0.25) is 0 Å². The molecule has 1 heterocycles.